The Morgan fingerprint density at radius 2 is 2.05 bits per heavy atom. The van der Waals surface area contributed by atoms with Crippen LogP contribution in [0.4, 0.5) is 5.69 Å². The predicted octanol–water partition coefficient (Wildman–Crippen LogP) is 4.70. The van der Waals surface area contributed by atoms with Gasteiger partial charge in [-0.05, 0) is 45.0 Å². The van der Waals surface area contributed by atoms with Crippen LogP contribution in [0.25, 0.3) is 0 Å². The Morgan fingerprint density at radius 3 is 2.63 bits per heavy atom. The summed E-state index contributed by atoms with van der Waals surface area (Å²) in [6, 6.07) is 9.94. The Kier molecular flexibility index (Phi) is 3.96. The van der Waals surface area contributed by atoms with Gasteiger partial charge in [0.2, 0.25) is 0 Å². The maximum absolute atomic E-state index is 9.16. The molecule has 0 radical (unpaired) electrons. The summed E-state index contributed by atoms with van der Waals surface area (Å²) in [5.74, 6) is 1.81. The van der Waals surface area contributed by atoms with Crippen molar-refractivity contribution in [3.05, 3.63) is 51.4 Å². The van der Waals surface area contributed by atoms with Crippen LogP contribution < -0.4 is 5.32 Å². The molecule has 1 unspecified atom stereocenters. The summed E-state index contributed by atoms with van der Waals surface area (Å²) in [5, 5.41) is 12.5. The van der Waals surface area contributed by atoms with Crippen molar-refractivity contribution in [1.82, 2.24) is 0 Å². The Balaban J connectivity index is 2.27. The molecule has 1 aromatic heterocycles. The average Bonchev–Trinajstić information content (AvgIpc) is 2.70. The van der Waals surface area contributed by atoms with Gasteiger partial charge in [0.15, 0.2) is 0 Å². The van der Waals surface area contributed by atoms with E-state index in [9.17, 15) is 0 Å². The van der Waals surface area contributed by atoms with Crippen molar-refractivity contribution in [2.24, 2.45) is 0 Å². The van der Waals surface area contributed by atoms with E-state index in [0.29, 0.717) is 5.56 Å². The Hall–Kier alpha value is -1.73. The van der Waals surface area contributed by atoms with E-state index in [1.807, 2.05) is 38.1 Å². The minimum Gasteiger partial charge on any atom is -0.466 e. The second-order valence-corrected chi connectivity index (χ2v) is 5.45. The number of nitrogens with one attached hydrogen (secondary N) is 1. The monoisotopic (exact) mass is 318 g/mol. The maximum atomic E-state index is 9.16. The molecule has 0 amide bonds. The highest BCUT2D eigenvalue weighted by atomic mass is 79.9. The van der Waals surface area contributed by atoms with Gasteiger partial charge >= 0.3 is 0 Å². The first-order valence-electron chi connectivity index (χ1n) is 6.04. The van der Waals surface area contributed by atoms with E-state index < -0.39 is 0 Å². The third-order valence-corrected chi connectivity index (χ3v) is 3.51. The molecule has 0 saturated carbocycles. The fraction of sp³-hybridized carbons (Fsp3) is 0.267. The Bertz CT molecular complexity index is 640. The zero-order valence-corrected chi connectivity index (χ0v) is 12.7. The summed E-state index contributed by atoms with van der Waals surface area (Å²) in [6.45, 7) is 5.94. The molecule has 0 saturated heterocycles. The molecule has 98 valence electrons. The van der Waals surface area contributed by atoms with Crippen LogP contribution in [0.3, 0.4) is 0 Å². The second kappa shape index (κ2) is 5.50. The smallest absolute Gasteiger partial charge is 0.106 e. The van der Waals surface area contributed by atoms with Crippen LogP contribution in [-0.4, -0.2) is 0 Å². The van der Waals surface area contributed by atoms with Gasteiger partial charge in [-0.1, -0.05) is 15.9 Å². The summed E-state index contributed by atoms with van der Waals surface area (Å²) < 4.78 is 6.44. The normalized spacial score (nSPS) is 11.9. The van der Waals surface area contributed by atoms with E-state index >= 15 is 0 Å². The zero-order valence-electron chi connectivity index (χ0n) is 11.1. The van der Waals surface area contributed by atoms with Crippen molar-refractivity contribution in [2.45, 2.75) is 26.8 Å². The van der Waals surface area contributed by atoms with Crippen molar-refractivity contribution in [1.29, 1.82) is 5.26 Å². The quantitative estimate of drug-likeness (QED) is 0.892. The predicted molar refractivity (Wildman–Crippen MR) is 79.1 cm³/mol. The molecule has 0 aliphatic heterocycles. The number of benzene rings is 1. The van der Waals surface area contributed by atoms with Crippen molar-refractivity contribution in [3.8, 4) is 6.07 Å². The Labute approximate surface area is 121 Å². The number of anilines is 1. The van der Waals surface area contributed by atoms with Crippen molar-refractivity contribution in [3.63, 3.8) is 0 Å². The summed E-state index contributed by atoms with van der Waals surface area (Å²) >= 11 is 3.37. The molecular formula is C15H15BrN2O. The van der Waals surface area contributed by atoms with Crippen LogP contribution in [0.1, 0.15) is 35.6 Å². The number of hydrogen-bond donors (Lipinski definition) is 1. The molecule has 0 aliphatic carbocycles. The highest BCUT2D eigenvalue weighted by Gasteiger charge is 2.14. The fourth-order valence-electron chi connectivity index (χ4n) is 2.13. The molecule has 3 nitrogen and oxygen atoms in total. The minimum atomic E-state index is 0.0886. The Morgan fingerprint density at radius 1 is 1.32 bits per heavy atom. The van der Waals surface area contributed by atoms with Gasteiger partial charge in [-0.3, -0.25) is 0 Å². The lowest BCUT2D eigenvalue weighted by atomic mass is 10.1. The van der Waals surface area contributed by atoms with E-state index in [-0.39, 0.29) is 6.04 Å². The molecule has 1 heterocycles. The van der Waals surface area contributed by atoms with Crippen LogP contribution in [0.15, 0.2) is 33.2 Å². The molecule has 1 N–H and O–H groups in total. The van der Waals surface area contributed by atoms with Gasteiger partial charge in [0.25, 0.3) is 0 Å². The first-order chi connectivity index (χ1) is 9.01. The lowest BCUT2D eigenvalue weighted by molar-refractivity contribution is 0.500. The molecule has 1 aromatic carbocycles. The van der Waals surface area contributed by atoms with Gasteiger partial charge in [0.1, 0.15) is 17.6 Å². The number of halogens is 1. The largest absolute Gasteiger partial charge is 0.466 e. The van der Waals surface area contributed by atoms with Crippen LogP contribution >= 0.6 is 15.9 Å². The van der Waals surface area contributed by atoms with Gasteiger partial charge in [0, 0.05) is 10.0 Å². The average molecular weight is 319 g/mol. The molecule has 1 atom stereocenters. The molecule has 19 heavy (non-hydrogen) atoms. The van der Waals surface area contributed by atoms with Gasteiger partial charge < -0.3 is 9.73 Å². The summed E-state index contributed by atoms with van der Waals surface area (Å²) in [5.41, 5.74) is 2.57. The van der Waals surface area contributed by atoms with E-state index in [0.717, 1.165) is 27.2 Å². The number of hydrogen-bond acceptors (Lipinski definition) is 3. The second-order valence-electron chi connectivity index (χ2n) is 4.54. The molecule has 0 bridgehead atoms. The highest BCUT2D eigenvalue weighted by molar-refractivity contribution is 9.10. The fourth-order valence-corrected chi connectivity index (χ4v) is 2.49. The first kappa shape index (κ1) is 13.7. The van der Waals surface area contributed by atoms with Crippen molar-refractivity contribution >= 4 is 21.6 Å². The van der Waals surface area contributed by atoms with Crippen molar-refractivity contribution in [2.75, 3.05) is 5.32 Å². The number of nitrogens with zero attached hydrogens (tertiary/aromatic N) is 1. The minimum absolute atomic E-state index is 0.0886. The molecule has 0 spiro atoms. The highest BCUT2D eigenvalue weighted by Crippen LogP contribution is 2.27. The van der Waals surface area contributed by atoms with E-state index in [1.54, 1.807) is 0 Å². The van der Waals surface area contributed by atoms with Crippen LogP contribution in [0.5, 0.6) is 0 Å². The van der Waals surface area contributed by atoms with Crippen LogP contribution in [-0.2, 0) is 0 Å². The lowest BCUT2D eigenvalue weighted by Crippen LogP contribution is -2.08. The third kappa shape index (κ3) is 2.99. The van der Waals surface area contributed by atoms with Crippen molar-refractivity contribution < 1.29 is 4.42 Å². The van der Waals surface area contributed by atoms with Gasteiger partial charge in [-0.25, -0.2) is 0 Å². The number of aryl methyl sites for hydroxylation is 2. The van der Waals surface area contributed by atoms with Crippen LogP contribution in [0, 0.1) is 25.2 Å². The molecule has 4 heteroatoms. The molecule has 0 aliphatic rings. The molecule has 2 rings (SSSR count). The number of rotatable bonds is 3. The number of nitriles is 1. The summed E-state index contributed by atoms with van der Waals surface area (Å²) in [4.78, 5) is 0. The SMILES string of the molecule is Cc1cc(C(C)Nc2ccc(Br)cc2C#N)c(C)o1. The van der Waals surface area contributed by atoms with E-state index in [4.69, 9.17) is 9.68 Å². The third-order valence-electron chi connectivity index (χ3n) is 3.02. The summed E-state index contributed by atoms with van der Waals surface area (Å²) in [7, 11) is 0. The van der Waals surface area contributed by atoms with Crippen LogP contribution in [0.2, 0.25) is 0 Å². The van der Waals surface area contributed by atoms with Gasteiger partial charge in [0.05, 0.1) is 17.3 Å². The summed E-state index contributed by atoms with van der Waals surface area (Å²) in [6.07, 6.45) is 0. The molecule has 0 fully saturated rings. The zero-order chi connectivity index (χ0) is 14.0. The lowest BCUT2D eigenvalue weighted by Gasteiger charge is -2.15. The van der Waals surface area contributed by atoms with E-state index in [1.165, 1.54) is 0 Å². The van der Waals surface area contributed by atoms with Gasteiger partial charge in [-0.15, -0.1) is 0 Å². The first-order valence-corrected chi connectivity index (χ1v) is 6.83. The molecular weight excluding hydrogens is 304 g/mol. The standard InChI is InChI=1S/C15H15BrN2O/c1-9-6-14(11(3)19-9)10(2)18-15-5-4-13(16)7-12(15)8-17/h4-7,10,18H,1-3H3. The topological polar surface area (TPSA) is 49.0 Å². The van der Waals surface area contributed by atoms with E-state index in [2.05, 4.69) is 34.2 Å². The maximum Gasteiger partial charge on any atom is 0.106 e. The van der Waals surface area contributed by atoms with Gasteiger partial charge in [-0.2, -0.15) is 5.26 Å². The molecule has 2 aromatic rings. The number of furan rings is 1.